The molecule has 1 heterocycles. The molecule has 0 N–H and O–H groups in total. The molecule has 4 aromatic carbocycles. The zero-order valence-electron chi connectivity index (χ0n) is 23.8. The molecule has 0 radical (unpaired) electrons. The third-order valence-electron chi connectivity index (χ3n) is 7.09. The van der Waals surface area contributed by atoms with Crippen molar-refractivity contribution in [2.24, 2.45) is 0 Å². The highest BCUT2D eigenvalue weighted by Gasteiger charge is 2.33. The van der Waals surface area contributed by atoms with E-state index in [1.807, 2.05) is 30.3 Å². The van der Waals surface area contributed by atoms with E-state index in [2.05, 4.69) is 0 Å². The number of ketones is 1. The molecule has 0 saturated heterocycles. The molecule has 224 valence electrons. The van der Waals surface area contributed by atoms with Gasteiger partial charge < -0.3 is 0 Å². The summed E-state index contributed by atoms with van der Waals surface area (Å²) in [4.78, 5) is 17.1. The van der Waals surface area contributed by atoms with Gasteiger partial charge in [0.25, 0.3) is 0 Å². The van der Waals surface area contributed by atoms with Crippen molar-refractivity contribution < 1.29 is 26.0 Å². The molecule has 1 atom stereocenters. The number of fused-ring (bicyclic) bond motifs is 2. The van der Waals surface area contributed by atoms with Crippen LogP contribution >= 0.6 is 23.5 Å². The van der Waals surface area contributed by atoms with Crippen molar-refractivity contribution >= 4 is 49.4 Å². The molecule has 7 nitrogen and oxygen atoms in total. The average molecular weight is 657 g/mol. The Morgan fingerprint density at radius 2 is 1.40 bits per heavy atom. The summed E-state index contributed by atoms with van der Waals surface area (Å²) < 4.78 is 69.0. The van der Waals surface area contributed by atoms with Gasteiger partial charge in [0.15, 0.2) is 5.78 Å². The van der Waals surface area contributed by atoms with Crippen LogP contribution in [0.1, 0.15) is 27.4 Å². The van der Waals surface area contributed by atoms with Gasteiger partial charge in [-0.2, -0.15) is 0 Å². The van der Waals surface area contributed by atoms with Crippen molar-refractivity contribution in [3.8, 4) is 0 Å². The summed E-state index contributed by atoms with van der Waals surface area (Å²) in [5, 5.41) is 0. The second-order valence-corrected chi connectivity index (χ2v) is 16.8. The molecule has 0 spiro atoms. The maximum absolute atomic E-state index is 14.3. The Morgan fingerprint density at radius 1 is 0.767 bits per heavy atom. The van der Waals surface area contributed by atoms with E-state index in [1.54, 1.807) is 24.3 Å². The third kappa shape index (κ3) is 6.31. The molecule has 0 unspecified atom stereocenters. The van der Waals surface area contributed by atoms with Crippen LogP contribution in [0.15, 0.2) is 114 Å². The minimum atomic E-state index is -3.83. The molecule has 4 aromatic rings. The van der Waals surface area contributed by atoms with E-state index < -0.39 is 31.8 Å². The number of hydrogen-bond acceptors (Lipinski definition) is 7. The van der Waals surface area contributed by atoms with Crippen LogP contribution in [0.25, 0.3) is 0 Å². The van der Waals surface area contributed by atoms with Gasteiger partial charge in [0.1, 0.15) is 5.82 Å². The number of carbonyl (C=O) groups is 1. The molecule has 1 aliphatic rings. The molecule has 1 aliphatic heterocycles. The Bertz CT molecular complexity index is 1930. The van der Waals surface area contributed by atoms with Crippen molar-refractivity contribution in [1.29, 1.82) is 0 Å². The first kappa shape index (κ1) is 31.4. The summed E-state index contributed by atoms with van der Waals surface area (Å²) in [5.41, 5.74) is 1.41. The molecular formula is C31H29FN2O5S4. The molecule has 0 amide bonds. The fourth-order valence-electron chi connectivity index (χ4n) is 4.72. The highest BCUT2D eigenvalue weighted by molar-refractivity contribution is 7.99. The zero-order valence-corrected chi connectivity index (χ0v) is 27.1. The molecule has 5 rings (SSSR count). The lowest BCUT2D eigenvalue weighted by atomic mass is 9.85. The number of hydrogen-bond donors (Lipinski definition) is 0. The maximum Gasteiger partial charge on any atom is 0.242 e. The monoisotopic (exact) mass is 656 g/mol. The summed E-state index contributed by atoms with van der Waals surface area (Å²) in [7, 11) is -1.86. The van der Waals surface area contributed by atoms with Gasteiger partial charge in [-0.1, -0.05) is 41.7 Å². The SMILES string of the molecule is CN(C)S(=O)(=O)c1ccc(Sc2ccccc2)c(C[C@@H]2C(=O)c3ccc(F)cc3Sc3ccc(S(=O)(=O)N(C)C)cc32)c1. The van der Waals surface area contributed by atoms with Crippen LogP contribution in [0.4, 0.5) is 4.39 Å². The van der Waals surface area contributed by atoms with E-state index >= 15 is 0 Å². The maximum atomic E-state index is 14.3. The van der Waals surface area contributed by atoms with E-state index in [4.69, 9.17) is 0 Å². The number of Topliss-reactive ketones (excluding diaryl/α,β-unsaturated/α-hetero) is 1. The molecule has 0 bridgehead atoms. The highest BCUT2D eigenvalue weighted by atomic mass is 32.2. The summed E-state index contributed by atoms with van der Waals surface area (Å²) in [5.74, 6) is -1.68. The molecule has 43 heavy (non-hydrogen) atoms. The first-order valence-electron chi connectivity index (χ1n) is 13.2. The fourth-order valence-corrected chi connectivity index (χ4v) is 8.71. The summed E-state index contributed by atoms with van der Waals surface area (Å²) in [6.07, 6.45) is 0.0840. The Balaban J connectivity index is 1.71. The van der Waals surface area contributed by atoms with Crippen LogP contribution in [0.2, 0.25) is 0 Å². The Kier molecular flexibility index (Phi) is 8.90. The smallest absolute Gasteiger partial charge is 0.242 e. The van der Waals surface area contributed by atoms with E-state index in [-0.39, 0.29) is 22.0 Å². The van der Waals surface area contributed by atoms with Crippen LogP contribution in [-0.2, 0) is 26.5 Å². The number of carbonyl (C=O) groups excluding carboxylic acids is 1. The van der Waals surface area contributed by atoms with Crippen molar-refractivity contribution in [1.82, 2.24) is 8.61 Å². The number of halogens is 1. The van der Waals surface area contributed by atoms with E-state index in [0.717, 1.165) is 18.4 Å². The normalized spacial score (nSPS) is 15.3. The van der Waals surface area contributed by atoms with Gasteiger partial charge in [0.2, 0.25) is 20.0 Å². The van der Waals surface area contributed by atoms with Crippen molar-refractivity contribution in [3.05, 3.63) is 107 Å². The van der Waals surface area contributed by atoms with Gasteiger partial charge in [-0.25, -0.2) is 29.8 Å². The van der Waals surface area contributed by atoms with Crippen LogP contribution in [-0.4, -0.2) is 59.4 Å². The standard InChI is InChI=1S/C31H29FN2O5S4/c1-33(2)42(36,37)23-11-14-28(40-22-8-6-5-7-9-22)20(16-23)17-27-26-19-24(43(38,39)34(3)4)12-15-29(26)41-30-18-21(32)10-13-25(30)31(27)35/h5-16,18-19,27H,17H2,1-4H3/t27-/m0/s1. The second kappa shape index (κ2) is 12.2. The van der Waals surface area contributed by atoms with E-state index in [1.165, 1.54) is 82.0 Å². The lowest BCUT2D eigenvalue weighted by molar-refractivity contribution is 0.0955. The topological polar surface area (TPSA) is 91.8 Å². The summed E-state index contributed by atoms with van der Waals surface area (Å²) in [6.45, 7) is 0. The van der Waals surface area contributed by atoms with Crippen molar-refractivity contribution in [2.45, 2.75) is 41.7 Å². The molecule has 0 aliphatic carbocycles. The molecule has 12 heteroatoms. The van der Waals surface area contributed by atoms with Gasteiger partial charge in [-0.3, -0.25) is 4.79 Å². The molecular weight excluding hydrogens is 628 g/mol. The molecule has 0 saturated carbocycles. The molecule has 0 fully saturated rings. The van der Waals surface area contributed by atoms with Gasteiger partial charge in [0, 0.05) is 53.3 Å². The van der Waals surface area contributed by atoms with Gasteiger partial charge in [0.05, 0.1) is 15.7 Å². The predicted octanol–water partition coefficient (Wildman–Crippen LogP) is 6.15. The zero-order chi connectivity index (χ0) is 31.1. The second-order valence-electron chi connectivity index (χ2n) is 10.3. The number of sulfonamides is 2. The van der Waals surface area contributed by atoms with Crippen LogP contribution in [0, 0.1) is 5.82 Å². The lowest BCUT2D eigenvalue weighted by Gasteiger charge is -2.21. The minimum Gasteiger partial charge on any atom is -0.293 e. The van der Waals surface area contributed by atoms with Gasteiger partial charge in [-0.15, -0.1) is 0 Å². The number of rotatable bonds is 8. The van der Waals surface area contributed by atoms with Gasteiger partial charge in [-0.05, 0) is 84.3 Å². The van der Waals surface area contributed by atoms with Crippen LogP contribution < -0.4 is 0 Å². The minimum absolute atomic E-state index is 0.0228. The van der Waals surface area contributed by atoms with Crippen LogP contribution in [0.3, 0.4) is 0 Å². The Morgan fingerprint density at radius 3 is 2.05 bits per heavy atom. The van der Waals surface area contributed by atoms with Gasteiger partial charge >= 0.3 is 0 Å². The highest BCUT2D eigenvalue weighted by Crippen LogP contribution is 2.45. The third-order valence-corrected chi connectivity index (χ3v) is 13.0. The summed E-state index contributed by atoms with van der Waals surface area (Å²) in [6, 6.07) is 23.0. The molecule has 0 aromatic heterocycles. The number of nitrogens with zero attached hydrogens (tertiary/aromatic N) is 2. The van der Waals surface area contributed by atoms with Crippen LogP contribution in [0.5, 0.6) is 0 Å². The Hall–Kier alpha value is -3.00. The number of benzene rings is 4. The largest absolute Gasteiger partial charge is 0.293 e. The van der Waals surface area contributed by atoms with Crippen molar-refractivity contribution in [3.63, 3.8) is 0 Å². The first-order chi connectivity index (χ1) is 20.3. The Labute approximate surface area is 260 Å². The lowest BCUT2D eigenvalue weighted by Crippen LogP contribution is -2.23. The fraction of sp³-hybridized carbons (Fsp3) is 0.194. The van der Waals surface area contributed by atoms with E-state index in [0.29, 0.717) is 26.5 Å². The first-order valence-corrected chi connectivity index (χ1v) is 17.7. The quantitative estimate of drug-likeness (QED) is 0.225. The van der Waals surface area contributed by atoms with Crippen molar-refractivity contribution in [2.75, 3.05) is 28.2 Å². The van der Waals surface area contributed by atoms with E-state index in [9.17, 15) is 26.0 Å². The predicted molar refractivity (Wildman–Crippen MR) is 166 cm³/mol. The summed E-state index contributed by atoms with van der Waals surface area (Å²) >= 11 is 2.64. The average Bonchev–Trinajstić information content (AvgIpc) is 3.07.